The molecule has 3 heterocycles. The number of rotatable bonds is 7. The molecule has 1 aliphatic heterocycles. The van der Waals surface area contributed by atoms with Crippen LogP contribution in [0.15, 0.2) is 60.8 Å². The van der Waals surface area contributed by atoms with Crippen molar-refractivity contribution in [2.75, 3.05) is 18.4 Å². The van der Waals surface area contributed by atoms with Crippen LogP contribution in [0, 0.1) is 0 Å². The van der Waals surface area contributed by atoms with Crippen molar-refractivity contribution in [2.45, 2.75) is 51.7 Å². The first kappa shape index (κ1) is 22.3. The molecule has 7 heteroatoms. The van der Waals surface area contributed by atoms with Crippen LogP contribution in [0.2, 0.25) is 0 Å². The molecule has 1 saturated heterocycles. The predicted molar refractivity (Wildman–Crippen MR) is 135 cm³/mol. The largest absolute Gasteiger partial charge is 0.459 e. The number of ether oxygens (including phenoxy) is 1. The van der Waals surface area contributed by atoms with Crippen molar-refractivity contribution in [3.05, 3.63) is 71.9 Å². The van der Waals surface area contributed by atoms with E-state index < -0.39 is 0 Å². The van der Waals surface area contributed by atoms with Gasteiger partial charge in [-0.3, -0.25) is 0 Å². The highest BCUT2D eigenvalue weighted by molar-refractivity contribution is 5.68. The molecule has 4 aromatic rings. The molecule has 2 atom stereocenters. The highest BCUT2D eigenvalue weighted by Crippen LogP contribution is 2.31. The molecule has 0 bridgehead atoms. The van der Waals surface area contributed by atoms with E-state index in [1.807, 2.05) is 12.3 Å². The summed E-state index contributed by atoms with van der Waals surface area (Å²) in [7, 11) is 0. The highest BCUT2D eigenvalue weighted by atomic mass is 16.5. The summed E-state index contributed by atoms with van der Waals surface area (Å²) in [6.45, 7) is 8.29. The van der Waals surface area contributed by atoms with Gasteiger partial charge in [0.15, 0.2) is 5.65 Å². The van der Waals surface area contributed by atoms with Gasteiger partial charge in [0, 0.05) is 12.1 Å². The third-order valence-corrected chi connectivity index (χ3v) is 6.38. The Labute approximate surface area is 200 Å². The summed E-state index contributed by atoms with van der Waals surface area (Å²) in [5.74, 6) is 0.923. The van der Waals surface area contributed by atoms with E-state index in [2.05, 4.69) is 85.0 Å². The van der Waals surface area contributed by atoms with E-state index in [9.17, 15) is 0 Å². The number of piperidine rings is 1. The highest BCUT2D eigenvalue weighted by Gasteiger charge is 2.21. The van der Waals surface area contributed by atoms with Gasteiger partial charge in [-0.2, -0.15) is 19.6 Å². The van der Waals surface area contributed by atoms with Gasteiger partial charge in [0.1, 0.15) is 6.10 Å². The molecule has 1 fully saturated rings. The molecular formula is C27H32N6O. The van der Waals surface area contributed by atoms with E-state index >= 15 is 0 Å². The van der Waals surface area contributed by atoms with Crippen molar-refractivity contribution in [3.8, 4) is 17.1 Å². The fourth-order valence-corrected chi connectivity index (χ4v) is 4.52. The molecular weight excluding hydrogens is 424 g/mol. The van der Waals surface area contributed by atoms with Crippen molar-refractivity contribution >= 4 is 11.6 Å². The first-order chi connectivity index (χ1) is 16.6. The Hall–Kier alpha value is -3.45. The van der Waals surface area contributed by atoms with Gasteiger partial charge in [-0.1, -0.05) is 68.4 Å². The molecule has 0 aliphatic carbocycles. The molecule has 2 aromatic carbocycles. The molecule has 2 aromatic heterocycles. The second-order valence-electron chi connectivity index (χ2n) is 9.23. The van der Waals surface area contributed by atoms with Gasteiger partial charge >= 0.3 is 6.01 Å². The molecule has 176 valence electrons. The van der Waals surface area contributed by atoms with Crippen LogP contribution in [-0.2, 0) is 0 Å². The van der Waals surface area contributed by atoms with Gasteiger partial charge in [-0.15, -0.1) is 0 Å². The van der Waals surface area contributed by atoms with Crippen molar-refractivity contribution in [3.63, 3.8) is 0 Å². The number of nitrogens with zero attached hydrogens (tertiary/aromatic N) is 4. The topological polar surface area (TPSA) is 76.4 Å². The van der Waals surface area contributed by atoms with Crippen LogP contribution in [0.1, 0.15) is 56.7 Å². The van der Waals surface area contributed by atoms with Gasteiger partial charge in [0.25, 0.3) is 0 Å². The normalized spacial score (nSPS) is 17.1. The molecule has 0 saturated carbocycles. The maximum absolute atomic E-state index is 6.22. The number of anilines is 1. The van der Waals surface area contributed by atoms with E-state index in [0.717, 1.165) is 37.1 Å². The van der Waals surface area contributed by atoms with Gasteiger partial charge in [0.05, 0.1) is 12.2 Å². The van der Waals surface area contributed by atoms with E-state index in [4.69, 9.17) is 14.7 Å². The van der Waals surface area contributed by atoms with Crippen molar-refractivity contribution in [1.29, 1.82) is 0 Å². The van der Waals surface area contributed by atoms with Crippen LogP contribution in [0.25, 0.3) is 16.8 Å². The third kappa shape index (κ3) is 4.61. The van der Waals surface area contributed by atoms with Gasteiger partial charge in [-0.05, 0) is 48.9 Å². The maximum atomic E-state index is 6.22. The number of aromatic nitrogens is 4. The minimum atomic E-state index is -0.00889. The number of hydrogen-bond acceptors (Lipinski definition) is 6. The molecule has 7 nitrogen and oxygen atoms in total. The smallest absolute Gasteiger partial charge is 0.322 e. The molecule has 0 radical (unpaired) electrons. The Morgan fingerprint density at radius 2 is 1.79 bits per heavy atom. The average molecular weight is 457 g/mol. The lowest BCUT2D eigenvalue weighted by Gasteiger charge is -2.23. The first-order valence-corrected chi connectivity index (χ1v) is 12.1. The second-order valence-corrected chi connectivity index (χ2v) is 9.23. The lowest BCUT2D eigenvalue weighted by atomic mass is 9.96. The van der Waals surface area contributed by atoms with E-state index in [1.165, 1.54) is 16.7 Å². The third-order valence-electron chi connectivity index (χ3n) is 6.38. The van der Waals surface area contributed by atoms with Gasteiger partial charge in [0.2, 0.25) is 5.95 Å². The molecule has 1 unspecified atom stereocenters. The molecule has 2 N–H and O–H groups in total. The molecule has 34 heavy (non-hydrogen) atoms. The van der Waals surface area contributed by atoms with Crippen molar-refractivity contribution in [2.24, 2.45) is 0 Å². The van der Waals surface area contributed by atoms with Crippen LogP contribution in [0.5, 0.6) is 6.01 Å². The summed E-state index contributed by atoms with van der Waals surface area (Å²) >= 11 is 0. The SMILES string of the molecule is CC(C)c1cnn2c(NC(C)c3ccccc3-c3ccccc3)nc(O[C@@H]3CCCNC3)nc12. The minimum Gasteiger partial charge on any atom is -0.459 e. The zero-order chi connectivity index (χ0) is 23.5. The van der Waals surface area contributed by atoms with Crippen LogP contribution < -0.4 is 15.4 Å². The second kappa shape index (κ2) is 9.81. The Kier molecular flexibility index (Phi) is 6.45. The van der Waals surface area contributed by atoms with E-state index in [1.54, 1.807) is 4.52 Å². The summed E-state index contributed by atoms with van der Waals surface area (Å²) in [6, 6.07) is 19.3. The average Bonchev–Trinajstić information content (AvgIpc) is 3.30. The zero-order valence-electron chi connectivity index (χ0n) is 20.0. The van der Waals surface area contributed by atoms with E-state index in [-0.39, 0.29) is 12.1 Å². The monoisotopic (exact) mass is 456 g/mol. The van der Waals surface area contributed by atoms with Crippen LogP contribution in [-0.4, -0.2) is 38.8 Å². The summed E-state index contributed by atoms with van der Waals surface area (Å²) in [5.41, 5.74) is 5.44. The first-order valence-electron chi connectivity index (χ1n) is 12.1. The molecule has 1 aliphatic rings. The predicted octanol–water partition coefficient (Wildman–Crippen LogP) is 5.22. The number of hydrogen-bond donors (Lipinski definition) is 2. The Morgan fingerprint density at radius 3 is 2.56 bits per heavy atom. The van der Waals surface area contributed by atoms with Gasteiger partial charge in [-0.25, -0.2) is 0 Å². The molecule has 5 rings (SSSR count). The van der Waals surface area contributed by atoms with Crippen LogP contribution in [0.4, 0.5) is 5.95 Å². The maximum Gasteiger partial charge on any atom is 0.322 e. The Morgan fingerprint density at radius 1 is 1.00 bits per heavy atom. The fraction of sp³-hybridized carbons (Fsp3) is 0.370. The Balaban J connectivity index is 1.51. The number of benzene rings is 2. The Bertz CT molecular complexity index is 1250. The lowest BCUT2D eigenvalue weighted by Crippen LogP contribution is -2.37. The summed E-state index contributed by atoms with van der Waals surface area (Å²) < 4.78 is 8.02. The number of nitrogens with one attached hydrogen (secondary N) is 2. The summed E-state index contributed by atoms with van der Waals surface area (Å²) in [6.07, 6.45) is 4.05. The standard InChI is InChI=1S/C27H32N6O/c1-18(2)24-17-29-33-25(24)31-27(34-21-12-9-15-28-16-21)32-26(33)30-19(3)22-13-7-8-14-23(22)20-10-5-4-6-11-20/h4-8,10-11,13-14,17-19,21,28H,9,12,15-16H2,1-3H3,(H,30,31,32)/t19?,21-/m1/s1. The quantitative estimate of drug-likeness (QED) is 0.397. The zero-order valence-corrected chi connectivity index (χ0v) is 20.0. The van der Waals surface area contributed by atoms with Crippen molar-refractivity contribution in [1.82, 2.24) is 24.9 Å². The molecule has 0 amide bonds. The van der Waals surface area contributed by atoms with Crippen LogP contribution in [0.3, 0.4) is 0 Å². The number of fused-ring (bicyclic) bond motifs is 1. The van der Waals surface area contributed by atoms with E-state index in [0.29, 0.717) is 17.9 Å². The fourth-order valence-electron chi connectivity index (χ4n) is 4.52. The summed E-state index contributed by atoms with van der Waals surface area (Å²) in [4.78, 5) is 9.52. The molecule has 0 spiro atoms. The van der Waals surface area contributed by atoms with Gasteiger partial charge < -0.3 is 15.4 Å². The minimum absolute atomic E-state index is 0.00889. The van der Waals surface area contributed by atoms with Crippen molar-refractivity contribution < 1.29 is 4.74 Å². The summed E-state index contributed by atoms with van der Waals surface area (Å²) in [5, 5.41) is 11.6. The van der Waals surface area contributed by atoms with Crippen LogP contribution >= 0.6 is 0 Å². The lowest BCUT2D eigenvalue weighted by molar-refractivity contribution is 0.153.